The van der Waals surface area contributed by atoms with Crippen LogP contribution in [-0.4, -0.2) is 55.1 Å². The van der Waals surface area contributed by atoms with Crippen molar-refractivity contribution in [3.8, 4) is 5.88 Å². The van der Waals surface area contributed by atoms with Crippen molar-refractivity contribution < 1.29 is 9.53 Å². The number of nitrogens with one attached hydrogen (secondary N) is 1. The predicted molar refractivity (Wildman–Crippen MR) is 99.1 cm³/mol. The lowest BCUT2D eigenvalue weighted by atomic mass is 10.2. The van der Waals surface area contributed by atoms with Crippen molar-refractivity contribution in [3.63, 3.8) is 0 Å². The van der Waals surface area contributed by atoms with Gasteiger partial charge < -0.3 is 19.9 Å². The number of aromatic nitrogens is 1. The molecule has 0 bridgehead atoms. The van der Waals surface area contributed by atoms with Crippen molar-refractivity contribution in [2.24, 2.45) is 0 Å². The molecule has 1 saturated heterocycles. The molecule has 1 aliphatic heterocycles. The zero-order valence-corrected chi connectivity index (χ0v) is 14.7. The first kappa shape index (κ1) is 17.1. The minimum Gasteiger partial charge on any atom is -0.481 e. The molecule has 25 heavy (non-hydrogen) atoms. The van der Waals surface area contributed by atoms with Crippen LogP contribution in [0.4, 0.5) is 11.4 Å². The second kappa shape index (κ2) is 7.88. The van der Waals surface area contributed by atoms with E-state index in [2.05, 4.69) is 27.3 Å². The summed E-state index contributed by atoms with van der Waals surface area (Å²) in [5, 5.41) is 3.21. The number of nitrogens with zero attached hydrogens (tertiary/aromatic N) is 3. The Balaban J connectivity index is 1.52. The number of pyridine rings is 1. The predicted octanol–water partition coefficient (Wildman–Crippen LogP) is 2.24. The van der Waals surface area contributed by atoms with Crippen LogP contribution in [-0.2, 0) is 4.79 Å². The van der Waals surface area contributed by atoms with E-state index in [-0.39, 0.29) is 11.9 Å². The number of hydrogen-bond acceptors (Lipinski definition) is 5. The molecule has 6 nitrogen and oxygen atoms in total. The molecular weight excluding hydrogens is 316 g/mol. The molecule has 6 heteroatoms. The molecule has 0 radical (unpaired) electrons. The summed E-state index contributed by atoms with van der Waals surface area (Å²) >= 11 is 0. The van der Waals surface area contributed by atoms with Gasteiger partial charge in [0.1, 0.15) is 6.04 Å². The molecule has 0 spiro atoms. The standard InChI is InChI=1S/C19H24N4O2/c1-15(21-16-8-9-18(25-2)20-14-16)19(24)23-12-10-22(11-13-23)17-6-4-3-5-7-17/h3-9,14-15,21H,10-13H2,1-2H3/t15-/m1/s1. The Morgan fingerprint density at radius 3 is 2.44 bits per heavy atom. The number of methoxy groups -OCH3 is 1. The van der Waals surface area contributed by atoms with Crippen LogP contribution in [0.5, 0.6) is 5.88 Å². The van der Waals surface area contributed by atoms with E-state index in [0.717, 1.165) is 31.9 Å². The van der Waals surface area contributed by atoms with Gasteiger partial charge in [0, 0.05) is 37.9 Å². The van der Waals surface area contributed by atoms with Gasteiger partial charge in [0.25, 0.3) is 0 Å². The SMILES string of the molecule is COc1ccc(N[C@H](C)C(=O)N2CCN(c3ccccc3)CC2)cn1. The van der Waals surface area contributed by atoms with Crippen molar-refractivity contribution >= 4 is 17.3 Å². The van der Waals surface area contributed by atoms with Gasteiger partial charge in [-0.15, -0.1) is 0 Å². The van der Waals surface area contributed by atoms with Crippen molar-refractivity contribution in [1.29, 1.82) is 0 Å². The summed E-state index contributed by atoms with van der Waals surface area (Å²) in [6.07, 6.45) is 1.68. The Labute approximate surface area is 148 Å². The number of ether oxygens (including phenoxy) is 1. The molecule has 132 valence electrons. The Morgan fingerprint density at radius 1 is 1.12 bits per heavy atom. The molecule has 0 saturated carbocycles. The number of piperazine rings is 1. The largest absolute Gasteiger partial charge is 0.481 e. The average Bonchev–Trinajstić information content (AvgIpc) is 2.69. The molecule has 1 atom stereocenters. The highest BCUT2D eigenvalue weighted by molar-refractivity contribution is 5.84. The van der Waals surface area contributed by atoms with Gasteiger partial charge in [0.15, 0.2) is 0 Å². The van der Waals surface area contributed by atoms with Gasteiger partial charge >= 0.3 is 0 Å². The third-order valence-electron chi connectivity index (χ3n) is 4.41. The monoisotopic (exact) mass is 340 g/mol. The molecule has 1 fully saturated rings. The summed E-state index contributed by atoms with van der Waals surface area (Å²) in [5.41, 5.74) is 2.02. The van der Waals surface area contributed by atoms with Crippen LogP contribution in [0.15, 0.2) is 48.7 Å². The van der Waals surface area contributed by atoms with Crippen LogP contribution in [0.2, 0.25) is 0 Å². The highest BCUT2D eigenvalue weighted by Gasteiger charge is 2.25. The molecular formula is C19H24N4O2. The quantitative estimate of drug-likeness (QED) is 0.905. The van der Waals surface area contributed by atoms with Gasteiger partial charge in [-0.1, -0.05) is 18.2 Å². The summed E-state index contributed by atoms with van der Waals surface area (Å²) in [6.45, 7) is 5.07. The van der Waals surface area contributed by atoms with E-state index in [1.165, 1.54) is 5.69 Å². The number of amides is 1. The fourth-order valence-corrected chi connectivity index (χ4v) is 3.00. The van der Waals surface area contributed by atoms with Gasteiger partial charge in [-0.3, -0.25) is 4.79 Å². The number of carbonyl (C=O) groups excluding carboxylic acids is 1. The summed E-state index contributed by atoms with van der Waals surface area (Å²) in [7, 11) is 1.58. The molecule has 1 N–H and O–H groups in total. The third kappa shape index (κ3) is 4.21. The van der Waals surface area contributed by atoms with Gasteiger partial charge in [-0.25, -0.2) is 4.98 Å². The van der Waals surface area contributed by atoms with Crippen LogP contribution in [0, 0.1) is 0 Å². The normalized spacial score (nSPS) is 15.6. The van der Waals surface area contributed by atoms with Crippen LogP contribution >= 0.6 is 0 Å². The van der Waals surface area contributed by atoms with Crippen molar-refractivity contribution in [1.82, 2.24) is 9.88 Å². The minimum absolute atomic E-state index is 0.114. The molecule has 3 rings (SSSR count). The number of hydrogen-bond donors (Lipinski definition) is 1. The van der Waals surface area contributed by atoms with Crippen molar-refractivity contribution in [2.75, 3.05) is 43.5 Å². The highest BCUT2D eigenvalue weighted by Crippen LogP contribution is 2.17. The first-order chi connectivity index (χ1) is 12.2. The maximum absolute atomic E-state index is 12.7. The van der Waals surface area contributed by atoms with Crippen molar-refractivity contribution in [2.45, 2.75) is 13.0 Å². The van der Waals surface area contributed by atoms with Gasteiger partial charge in [-0.05, 0) is 25.1 Å². The van der Waals surface area contributed by atoms with Gasteiger partial charge in [0.2, 0.25) is 11.8 Å². The number of anilines is 2. The first-order valence-corrected chi connectivity index (χ1v) is 8.53. The molecule has 1 aliphatic rings. The van der Waals surface area contributed by atoms with E-state index in [1.807, 2.05) is 36.1 Å². The summed E-state index contributed by atoms with van der Waals surface area (Å²) in [6, 6.07) is 13.7. The molecule has 0 aliphatic carbocycles. The second-order valence-electron chi connectivity index (χ2n) is 6.10. The third-order valence-corrected chi connectivity index (χ3v) is 4.41. The highest BCUT2D eigenvalue weighted by atomic mass is 16.5. The zero-order valence-electron chi connectivity index (χ0n) is 14.7. The van der Waals surface area contributed by atoms with E-state index in [4.69, 9.17) is 4.74 Å². The molecule has 1 aromatic heterocycles. The van der Waals surface area contributed by atoms with E-state index in [1.54, 1.807) is 19.4 Å². The molecule has 1 aromatic carbocycles. The minimum atomic E-state index is -0.293. The summed E-state index contributed by atoms with van der Waals surface area (Å²) in [5.74, 6) is 0.671. The lowest BCUT2D eigenvalue weighted by molar-refractivity contribution is -0.131. The topological polar surface area (TPSA) is 57.7 Å². The fraction of sp³-hybridized carbons (Fsp3) is 0.368. The Kier molecular flexibility index (Phi) is 5.38. The number of carbonyl (C=O) groups is 1. The number of benzene rings is 1. The van der Waals surface area contributed by atoms with Gasteiger partial charge in [0.05, 0.1) is 19.0 Å². The molecule has 2 heterocycles. The Morgan fingerprint density at radius 2 is 1.84 bits per heavy atom. The van der Waals surface area contributed by atoms with E-state index in [9.17, 15) is 4.79 Å². The maximum Gasteiger partial charge on any atom is 0.244 e. The van der Waals surface area contributed by atoms with Crippen LogP contribution in [0.3, 0.4) is 0 Å². The average molecular weight is 340 g/mol. The molecule has 1 amide bonds. The Bertz CT molecular complexity index is 682. The van der Waals surface area contributed by atoms with Crippen LogP contribution in [0.1, 0.15) is 6.92 Å². The van der Waals surface area contributed by atoms with E-state index < -0.39 is 0 Å². The second-order valence-corrected chi connectivity index (χ2v) is 6.10. The first-order valence-electron chi connectivity index (χ1n) is 8.53. The number of para-hydroxylation sites is 1. The summed E-state index contributed by atoms with van der Waals surface area (Å²) < 4.78 is 5.04. The molecule has 2 aromatic rings. The van der Waals surface area contributed by atoms with Gasteiger partial charge in [-0.2, -0.15) is 0 Å². The Hall–Kier alpha value is -2.76. The smallest absolute Gasteiger partial charge is 0.244 e. The van der Waals surface area contributed by atoms with E-state index in [0.29, 0.717) is 5.88 Å². The summed E-state index contributed by atoms with van der Waals surface area (Å²) in [4.78, 5) is 21.1. The van der Waals surface area contributed by atoms with Crippen molar-refractivity contribution in [3.05, 3.63) is 48.7 Å². The maximum atomic E-state index is 12.7. The van der Waals surface area contributed by atoms with Crippen LogP contribution < -0.4 is 15.0 Å². The number of rotatable bonds is 5. The zero-order chi connectivity index (χ0) is 17.6. The lowest BCUT2D eigenvalue weighted by Crippen LogP contribution is -2.52. The lowest BCUT2D eigenvalue weighted by Gasteiger charge is -2.37. The fourth-order valence-electron chi connectivity index (χ4n) is 3.00. The van der Waals surface area contributed by atoms with E-state index >= 15 is 0 Å². The molecule has 0 unspecified atom stereocenters. The van der Waals surface area contributed by atoms with Crippen LogP contribution in [0.25, 0.3) is 0 Å².